The summed E-state index contributed by atoms with van der Waals surface area (Å²) < 4.78 is 5.09. The van der Waals surface area contributed by atoms with Crippen molar-refractivity contribution in [2.45, 2.75) is 19.3 Å². The Kier molecular flexibility index (Phi) is 2.15. The maximum absolute atomic E-state index is 11.5. The van der Waals surface area contributed by atoms with E-state index in [9.17, 15) is 9.90 Å². The summed E-state index contributed by atoms with van der Waals surface area (Å²) in [5, 5.41) is 9.52. The molecule has 0 spiro atoms. The van der Waals surface area contributed by atoms with Gasteiger partial charge in [0, 0.05) is 17.5 Å². The molecule has 0 heterocycles. The molecule has 0 atom stereocenters. The lowest BCUT2D eigenvalue weighted by molar-refractivity contribution is 0.0971. The summed E-state index contributed by atoms with van der Waals surface area (Å²) in [6.07, 6.45) is 2.24. The number of phenols is 1. The van der Waals surface area contributed by atoms with E-state index in [2.05, 4.69) is 0 Å². The van der Waals surface area contributed by atoms with Gasteiger partial charge in [-0.15, -0.1) is 0 Å². The highest BCUT2D eigenvalue weighted by Crippen LogP contribution is 2.36. The summed E-state index contributed by atoms with van der Waals surface area (Å²) in [5.74, 6) is 0.709. The maximum atomic E-state index is 11.5. The highest BCUT2D eigenvalue weighted by Gasteiger charge is 2.22. The summed E-state index contributed by atoms with van der Waals surface area (Å²) in [5.41, 5.74) is 1.55. The Balaban J connectivity index is 2.61. The number of aromatic hydroxyl groups is 1. The summed E-state index contributed by atoms with van der Waals surface area (Å²) in [6.45, 7) is 0. The molecule has 74 valence electrons. The number of Topliss-reactive ketones (excluding diaryl/α,β-unsaturated/α-hetero) is 1. The molecule has 1 N–H and O–H groups in total. The van der Waals surface area contributed by atoms with E-state index in [1.165, 1.54) is 13.2 Å². The Morgan fingerprint density at radius 2 is 2.14 bits per heavy atom. The fourth-order valence-electron chi connectivity index (χ4n) is 1.91. The van der Waals surface area contributed by atoms with Crippen LogP contribution in [0.2, 0.25) is 0 Å². The first-order valence-corrected chi connectivity index (χ1v) is 4.66. The van der Waals surface area contributed by atoms with Gasteiger partial charge in [-0.2, -0.15) is 0 Å². The number of ether oxygens (including phenoxy) is 1. The molecule has 0 aliphatic heterocycles. The lowest BCUT2D eigenvalue weighted by Crippen LogP contribution is -2.11. The van der Waals surface area contributed by atoms with Crippen LogP contribution in [0.25, 0.3) is 0 Å². The van der Waals surface area contributed by atoms with Crippen LogP contribution in [0.4, 0.5) is 0 Å². The molecule has 0 bridgehead atoms. The lowest BCUT2D eigenvalue weighted by Gasteiger charge is -2.18. The number of hydrogen-bond acceptors (Lipinski definition) is 3. The number of methoxy groups -OCH3 is 1. The number of carbonyl (C=O) groups excluding carboxylic acids is 1. The van der Waals surface area contributed by atoms with Gasteiger partial charge in [-0.05, 0) is 25.0 Å². The second-order valence-electron chi connectivity index (χ2n) is 3.42. The van der Waals surface area contributed by atoms with E-state index in [1.807, 2.05) is 0 Å². The topological polar surface area (TPSA) is 46.5 Å². The zero-order valence-corrected chi connectivity index (χ0v) is 8.04. The predicted octanol–water partition coefficient (Wildman–Crippen LogP) is 1.92. The number of fused-ring (bicyclic) bond motifs is 1. The summed E-state index contributed by atoms with van der Waals surface area (Å²) in [4.78, 5) is 11.5. The monoisotopic (exact) mass is 192 g/mol. The quantitative estimate of drug-likeness (QED) is 0.739. The number of benzene rings is 1. The summed E-state index contributed by atoms with van der Waals surface area (Å²) in [7, 11) is 1.51. The summed E-state index contributed by atoms with van der Waals surface area (Å²) in [6, 6.07) is 3.19. The molecule has 0 fully saturated rings. The average Bonchev–Trinajstić information content (AvgIpc) is 2.18. The minimum Gasteiger partial charge on any atom is -0.504 e. The minimum atomic E-state index is 0.112. The number of carbonyl (C=O) groups is 1. The van der Waals surface area contributed by atoms with Crippen LogP contribution in [0, 0.1) is 0 Å². The van der Waals surface area contributed by atoms with Gasteiger partial charge in [0.1, 0.15) is 0 Å². The Morgan fingerprint density at radius 1 is 1.36 bits per heavy atom. The van der Waals surface area contributed by atoms with Crippen molar-refractivity contribution < 1.29 is 14.6 Å². The summed E-state index contributed by atoms with van der Waals surface area (Å²) >= 11 is 0. The molecule has 0 amide bonds. The van der Waals surface area contributed by atoms with Crippen LogP contribution in [-0.4, -0.2) is 18.0 Å². The van der Waals surface area contributed by atoms with Crippen molar-refractivity contribution in [3.05, 3.63) is 23.3 Å². The molecule has 3 nitrogen and oxygen atoms in total. The van der Waals surface area contributed by atoms with Crippen LogP contribution in [0.1, 0.15) is 28.8 Å². The van der Waals surface area contributed by atoms with Gasteiger partial charge in [0.15, 0.2) is 17.3 Å². The zero-order valence-electron chi connectivity index (χ0n) is 8.04. The highest BCUT2D eigenvalue weighted by atomic mass is 16.5. The molecule has 1 aromatic rings. The van der Waals surface area contributed by atoms with Gasteiger partial charge in [-0.25, -0.2) is 0 Å². The Hall–Kier alpha value is -1.51. The van der Waals surface area contributed by atoms with Crippen LogP contribution < -0.4 is 4.74 Å². The smallest absolute Gasteiger partial charge is 0.164 e. The van der Waals surface area contributed by atoms with Crippen LogP contribution in [0.15, 0.2) is 12.1 Å². The lowest BCUT2D eigenvalue weighted by atomic mass is 9.90. The molecule has 0 radical (unpaired) electrons. The van der Waals surface area contributed by atoms with Gasteiger partial charge in [0.2, 0.25) is 0 Å². The van der Waals surface area contributed by atoms with Gasteiger partial charge in [0.25, 0.3) is 0 Å². The molecule has 0 unspecified atom stereocenters. The van der Waals surface area contributed by atoms with E-state index in [1.54, 1.807) is 6.07 Å². The van der Waals surface area contributed by atoms with Crippen molar-refractivity contribution in [1.29, 1.82) is 0 Å². The predicted molar refractivity (Wildman–Crippen MR) is 51.9 cm³/mol. The molecule has 1 aliphatic rings. The number of phenolic OH excluding ortho intramolecular Hbond substituents is 1. The van der Waals surface area contributed by atoms with E-state index in [0.717, 1.165) is 18.4 Å². The Morgan fingerprint density at radius 3 is 2.86 bits per heavy atom. The largest absolute Gasteiger partial charge is 0.504 e. The third kappa shape index (κ3) is 1.25. The minimum absolute atomic E-state index is 0.112. The van der Waals surface area contributed by atoms with E-state index < -0.39 is 0 Å². The van der Waals surface area contributed by atoms with Crippen LogP contribution in [0.3, 0.4) is 0 Å². The molecule has 1 aliphatic carbocycles. The fraction of sp³-hybridized carbons (Fsp3) is 0.364. The molecule has 0 saturated heterocycles. The van der Waals surface area contributed by atoms with E-state index in [-0.39, 0.29) is 11.5 Å². The van der Waals surface area contributed by atoms with Gasteiger partial charge < -0.3 is 9.84 Å². The fourth-order valence-corrected chi connectivity index (χ4v) is 1.91. The molecule has 14 heavy (non-hydrogen) atoms. The van der Waals surface area contributed by atoms with Crippen molar-refractivity contribution in [2.75, 3.05) is 7.11 Å². The standard InChI is InChI=1S/C11H12O3/c1-14-11-8-3-2-4-9(12)7(8)5-6-10(11)13/h5-6,13H,2-4H2,1H3. The first-order chi connectivity index (χ1) is 6.74. The molecule has 3 heteroatoms. The SMILES string of the molecule is COc1c(O)ccc2c1CCCC2=O. The van der Waals surface area contributed by atoms with Gasteiger partial charge >= 0.3 is 0 Å². The second kappa shape index (κ2) is 3.33. The van der Waals surface area contributed by atoms with Crippen LogP contribution >= 0.6 is 0 Å². The van der Waals surface area contributed by atoms with Crippen LogP contribution in [0.5, 0.6) is 11.5 Å². The number of ketones is 1. The zero-order chi connectivity index (χ0) is 10.1. The first-order valence-electron chi connectivity index (χ1n) is 4.66. The van der Waals surface area contributed by atoms with E-state index >= 15 is 0 Å². The van der Waals surface area contributed by atoms with Crippen molar-refractivity contribution in [2.24, 2.45) is 0 Å². The molecular formula is C11H12O3. The molecular weight excluding hydrogens is 180 g/mol. The van der Waals surface area contributed by atoms with Gasteiger partial charge in [0.05, 0.1) is 7.11 Å². The second-order valence-corrected chi connectivity index (χ2v) is 3.42. The Bertz CT molecular complexity index is 382. The highest BCUT2D eigenvalue weighted by molar-refractivity contribution is 5.99. The van der Waals surface area contributed by atoms with Crippen molar-refractivity contribution in [3.8, 4) is 11.5 Å². The average molecular weight is 192 g/mol. The third-order valence-electron chi connectivity index (χ3n) is 2.57. The van der Waals surface area contributed by atoms with Gasteiger partial charge in [-0.1, -0.05) is 0 Å². The Labute approximate surface area is 82.3 Å². The number of hydrogen-bond donors (Lipinski definition) is 1. The third-order valence-corrected chi connectivity index (χ3v) is 2.57. The van der Waals surface area contributed by atoms with Crippen molar-refractivity contribution in [3.63, 3.8) is 0 Å². The normalized spacial score (nSPS) is 15.1. The molecule has 0 saturated carbocycles. The van der Waals surface area contributed by atoms with Crippen LogP contribution in [-0.2, 0) is 6.42 Å². The first kappa shape index (κ1) is 9.06. The van der Waals surface area contributed by atoms with Gasteiger partial charge in [-0.3, -0.25) is 4.79 Å². The van der Waals surface area contributed by atoms with Crippen molar-refractivity contribution >= 4 is 5.78 Å². The maximum Gasteiger partial charge on any atom is 0.164 e. The molecule has 2 rings (SSSR count). The van der Waals surface area contributed by atoms with E-state index in [0.29, 0.717) is 17.7 Å². The molecule has 1 aromatic carbocycles. The number of rotatable bonds is 1. The van der Waals surface area contributed by atoms with E-state index in [4.69, 9.17) is 4.74 Å². The van der Waals surface area contributed by atoms with Crippen molar-refractivity contribution in [1.82, 2.24) is 0 Å². The molecule has 0 aromatic heterocycles.